The molecule has 1 atom stereocenters. The van der Waals surface area contributed by atoms with Crippen molar-refractivity contribution in [3.63, 3.8) is 0 Å². The van der Waals surface area contributed by atoms with Crippen LogP contribution < -0.4 is 4.90 Å². The van der Waals surface area contributed by atoms with Crippen molar-refractivity contribution in [3.8, 4) is 0 Å². The number of hydrogen-bond acceptors (Lipinski definition) is 5. The fourth-order valence-corrected chi connectivity index (χ4v) is 3.37. The maximum Gasteiger partial charge on any atom is 0.291 e. The highest BCUT2D eigenvalue weighted by Gasteiger charge is 2.26. The molecule has 22 heavy (non-hydrogen) atoms. The molecule has 0 spiro atoms. The van der Waals surface area contributed by atoms with Gasteiger partial charge in [-0.15, -0.1) is 10.2 Å². The first-order valence-electron chi connectivity index (χ1n) is 7.10. The minimum absolute atomic E-state index is 0.0757. The van der Waals surface area contributed by atoms with Crippen molar-refractivity contribution in [1.82, 2.24) is 10.2 Å². The Morgan fingerprint density at radius 1 is 1.32 bits per heavy atom. The molecule has 4 nitrogen and oxygen atoms in total. The van der Waals surface area contributed by atoms with Crippen LogP contribution in [-0.4, -0.2) is 29.9 Å². The summed E-state index contributed by atoms with van der Waals surface area (Å²) >= 11 is 0.950. The lowest BCUT2D eigenvalue weighted by molar-refractivity contribution is 0.0393. The van der Waals surface area contributed by atoms with Crippen LogP contribution in [0.25, 0.3) is 0 Å². The highest BCUT2D eigenvalue weighted by Crippen LogP contribution is 2.32. The summed E-state index contributed by atoms with van der Waals surface area (Å²) in [4.78, 5) is 1.97. The molecule has 1 aromatic heterocycles. The number of ether oxygens (including phenoxy) is 1. The third-order valence-corrected chi connectivity index (χ3v) is 4.72. The molecule has 2 aromatic rings. The Balaban J connectivity index is 1.78. The van der Waals surface area contributed by atoms with Crippen LogP contribution >= 0.6 is 11.3 Å². The Bertz CT molecular complexity index is 662. The normalized spacial score (nSPS) is 19.0. The van der Waals surface area contributed by atoms with Crippen LogP contribution in [-0.2, 0) is 4.74 Å². The van der Waals surface area contributed by atoms with Crippen LogP contribution in [0.4, 0.5) is 13.9 Å². The summed E-state index contributed by atoms with van der Waals surface area (Å²) in [6.07, 6.45) is -2.64. The number of halogens is 2. The second kappa shape index (κ2) is 6.26. The SMILES string of the molecule is Cc1ccc(C2CN(c3nnc(C(F)F)s3)CCO2)c(C)c1. The summed E-state index contributed by atoms with van der Waals surface area (Å²) < 4.78 is 31.1. The number of aryl methyl sites for hydroxylation is 2. The predicted octanol–water partition coefficient (Wildman–Crippen LogP) is 3.67. The van der Waals surface area contributed by atoms with Gasteiger partial charge in [0.05, 0.1) is 13.2 Å². The molecule has 1 unspecified atom stereocenters. The first-order chi connectivity index (χ1) is 10.5. The molecule has 0 aliphatic carbocycles. The molecular formula is C15H17F2N3OS. The predicted molar refractivity (Wildman–Crippen MR) is 81.7 cm³/mol. The summed E-state index contributed by atoms with van der Waals surface area (Å²) in [5.41, 5.74) is 3.52. The molecule has 1 aromatic carbocycles. The van der Waals surface area contributed by atoms with Gasteiger partial charge in [-0.2, -0.15) is 0 Å². The van der Waals surface area contributed by atoms with Crippen molar-refractivity contribution >= 4 is 16.5 Å². The van der Waals surface area contributed by atoms with E-state index in [9.17, 15) is 8.78 Å². The van der Waals surface area contributed by atoms with Crippen LogP contribution in [0.3, 0.4) is 0 Å². The minimum Gasteiger partial charge on any atom is -0.370 e. The van der Waals surface area contributed by atoms with E-state index < -0.39 is 6.43 Å². The van der Waals surface area contributed by atoms with Crippen LogP contribution in [0.2, 0.25) is 0 Å². The largest absolute Gasteiger partial charge is 0.370 e. The van der Waals surface area contributed by atoms with Gasteiger partial charge >= 0.3 is 0 Å². The first-order valence-corrected chi connectivity index (χ1v) is 7.91. The van der Waals surface area contributed by atoms with Crippen molar-refractivity contribution in [1.29, 1.82) is 0 Å². The molecule has 2 heterocycles. The van der Waals surface area contributed by atoms with Crippen LogP contribution in [0.1, 0.15) is 34.2 Å². The summed E-state index contributed by atoms with van der Waals surface area (Å²) in [5, 5.41) is 7.74. The Kier molecular flexibility index (Phi) is 4.35. The molecule has 118 valence electrons. The molecule has 0 saturated carbocycles. The number of aromatic nitrogens is 2. The third-order valence-electron chi connectivity index (χ3n) is 3.73. The molecule has 7 heteroatoms. The average molecular weight is 325 g/mol. The molecule has 0 bridgehead atoms. The third kappa shape index (κ3) is 3.10. The maximum atomic E-state index is 12.6. The molecule has 1 fully saturated rings. The van der Waals surface area contributed by atoms with Crippen molar-refractivity contribution in [2.45, 2.75) is 26.4 Å². The van der Waals surface area contributed by atoms with Crippen molar-refractivity contribution < 1.29 is 13.5 Å². The van der Waals surface area contributed by atoms with Gasteiger partial charge in [-0.05, 0) is 25.0 Å². The van der Waals surface area contributed by atoms with Gasteiger partial charge < -0.3 is 9.64 Å². The number of benzene rings is 1. The minimum atomic E-state index is -2.57. The number of morpholine rings is 1. The van der Waals surface area contributed by atoms with Gasteiger partial charge in [-0.25, -0.2) is 8.78 Å². The van der Waals surface area contributed by atoms with Crippen molar-refractivity contribution in [3.05, 3.63) is 39.9 Å². The summed E-state index contributed by atoms with van der Waals surface area (Å²) in [6.45, 7) is 5.89. The molecular weight excluding hydrogens is 308 g/mol. The van der Waals surface area contributed by atoms with Gasteiger partial charge in [-0.1, -0.05) is 35.1 Å². The average Bonchev–Trinajstić information content (AvgIpc) is 2.97. The van der Waals surface area contributed by atoms with Gasteiger partial charge in [0.2, 0.25) is 5.13 Å². The quantitative estimate of drug-likeness (QED) is 0.863. The number of alkyl halides is 2. The highest BCUT2D eigenvalue weighted by molar-refractivity contribution is 7.15. The number of nitrogens with zero attached hydrogens (tertiary/aromatic N) is 3. The molecule has 1 saturated heterocycles. The Labute approximate surface area is 131 Å². The van der Waals surface area contributed by atoms with Gasteiger partial charge in [0, 0.05) is 6.54 Å². The van der Waals surface area contributed by atoms with Crippen LogP contribution in [0, 0.1) is 13.8 Å². The Hall–Kier alpha value is -1.60. The molecule has 1 aliphatic rings. The first kappa shape index (κ1) is 15.3. The molecule has 1 aliphatic heterocycles. The molecule has 0 amide bonds. The monoisotopic (exact) mass is 325 g/mol. The van der Waals surface area contributed by atoms with E-state index in [2.05, 4.69) is 42.2 Å². The highest BCUT2D eigenvalue weighted by atomic mass is 32.1. The van der Waals surface area contributed by atoms with Crippen molar-refractivity contribution in [2.75, 3.05) is 24.6 Å². The van der Waals surface area contributed by atoms with E-state index >= 15 is 0 Å². The second-order valence-electron chi connectivity index (χ2n) is 5.39. The van der Waals surface area contributed by atoms with Gasteiger partial charge in [0.15, 0.2) is 5.01 Å². The zero-order valence-electron chi connectivity index (χ0n) is 12.4. The van der Waals surface area contributed by atoms with Gasteiger partial charge in [-0.3, -0.25) is 0 Å². The number of anilines is 1. The zero-order valence-corrected chi connectivity index (χ0v) is 13.2. The van der Waals surface area contributed by atoms with Gasteiger partial charge in [0.25, 0.3) is 6.43 Å². The smallest absolute Gasteiger partial charge is 0.291 e. The molecule has 0 radical (unpaired) electrons. The van der Waals surface area contributed by atoms with E-state index in [1.165, 1.54) is 11.1 Å². The zero-order chi connectivity index (χ0) is 15.7. The van der Waals surface area contributed by atoms with E-state index in [0.717, 1.165) is 16.9 Å². The lowest BCUT2D eigenvalue weighted by Crippen LogP contribution is -2.38. The molecule has 0 N–H and O–H groups in total. The number of hydrogen-bond donors (Lipinski definition) is 0. The lowest BCUT2D eigenvalue weighted by Gasteiger charge is -2.33. The number of rotatable bonds is 3. The second-order valence-corrected chi connectivity index (χ2v) is 6.38. The van der Waals surface area contributed by atoms with Gasteiger partial charge in [0.1, 0.15) is 6.10 Å². The Morgan fingerprint density at radius 2 is 2.14 bits per heavy atom. The van der Waals surface area contributed by atoms with E-state index in [-0.39, 0.29) is 11.1 Å². The maximum absolute atomic E-state index is 12.6. The summed E-state index contributed by atoms with van der Waals surface area (Å²) in [5.74, 6) is 0. The van der Waals surface area contributed by atoms with Crippen molar-refractivity contribution in [2.24, 2.45) is 0 Å². The standard InChI is InChI=1S/C15H17F2N3OS/c1-9-3-4-11(10(2)7-9)12-8-20(5-6-21-12)15-19-18-14(22-15)13(16)17/h3-4,7,12-13H,5-6,8H2,1-2H3. The topological polar surface area (TPSA) is 38.2 Å². The molecule has 3 rings (SSSR count). The summed E-state index contributed by atoms with van der Waals surface area (Å²) in [6, 6.07) is 6.26. The van der Waals surface area contributed by atoms with Crippen LogP contribution in [0.15, 0.2) is 18.2 Å². The van der Waals surface area contributed by atoms with Crippen LogP contribution in [0.5, 0.6) is 0 Å². The van der Waals surface area contributed by atoms with E-state index in [0.29, 0.717) is 24.8 Å². The Morgan fingerprint density at radius 3 is 2.82 bits per heavy atom. The fourth-order valence-electron chi connectivity index (χ4n) is 2.64. The van der Waals surface area contributed by atoms with E-state index in [1.807, 2.05) is 4.90 Å². The summed E-state index contributed by atoms with van der Waals surface area (Å²) in [7, 11) is 0. The van der Waals surface area contributed by atoms with E-state index in [1.54, 1.807) is 0 Å². The lowest BCUT2D eigenvalue weighted by atomic mass is 10.00. The fraction of sp³-hybridized carbons (Fsp3) is 0.467. The van der Waals surface area contributed by atoms with E-state index in [4.69, 9.17) is 4.74 Å².